The highest BCUT2D eigenvalue weighted by molar-refractivity contribution is 8.29. The van der Waals surface area contributed by atoms with Crippen molar-refractivity contribution in [1.29, 1.82) is 0 Å². The molecule has 0 aliphatic carbocycles. The topological polar surface area (TPSA) is 96.5 Å². The highest BCUT2D eigenvalue weighted by Crippen LogP contribution is 2.52. The Hall–Kier alpha value is -2.83. The third-order valence-electron chi connectivity index (χ3n) is 6.66. The van der Waals surface area contributed by atoms with Crippen molar-refractivity contribution in [1.82, 2.24) is 14.7 Å². The Labute approximate surface area is 248 Å². The van der Waals surface area contributed by atoms with Crippen molar-refractivity contribution >= 4 is 64.5 Å². The van der Waals surface area contributed by atoms with E-state index in [1.807, 2.05) is 13.8 Å². The average molecular weight is 604 g/mol. The average Bonchev–Trinajstić information content (AvgIpc) is 3.67. The lowest BCUT2D eigenvalue weighted by molar-refractivity contribution is -0.140. The number of nitrogens with zero attached hydrogens (tertiary/aromatic N) is 3. The van der Waals surface area contributed by atoms with E-state index in [1.54, 1.807) is 38.1 Å². The predicted octanol–water partition coefficient (Wildman–Crippen LogP) is 4.40. The first-order valence-corrected chi connectivity index (χ1v) is 15.4. The number of hydrogen-bond acceptors (Lipinski definition) is 10. The number of imide groups is 1. The fraction of sp³-hybridized carbons (Fsp3) is 0.464. The Kier molecular flexibility index (Phi) is 9.96. The van der Waals surface area contributed by atoms with Crippen LogP contribution in [0.5, 0.6) is 0 Å². The van der Waals surface area contributed by atoms with E-state index in [1.165, 1.54) is 4.90 Å². The second-order valence-corrected chi connectivity index (χ2v) is 12.2. The maximum absolute atomic E-state index is 13.0. The van der Waals surface area contributed by atoms with E-state index < -0.39 is 11.9 Å². The van der Waals surface area contributed by atoms with Crippen LogP contribution < -0.4 is 0 Å². The van der Waals surface area contributed by atoms with E-state index in [0.717, 1.165) is 49.5 Å². The van der Waals surface area contributed by atoms with Crippen molar-refractivity contribution < 1.29 is 28.7 Å². The van der Waals surface area contributed by atoms with Crippen molar-refractivity contribution in [2.75, 3.05) is 39.4 Å². The molecule has 3 aliphatic heterocycles. The van der Waals surface area contributed by atoms with Crippen molar-refractivity contribution in [2.24, 2.45) is 0 Å². The first-order chi connectivity index (χ1) is 19.2. The van der Waals surface area contributed by atoms with E-state index in [2.05, 4.69) is 9.80 Å². The summed E-state index contributed by atoms with van der Waals surface area (Å²) in [6.07, 6.45) is 2.03. The highest BCUT2D eigenvalue weighted by Gasteiger charge is 2.39. The van der Waals surface area contributed by atoms with Gasteiger partial charge in [0.1, 0.15) is 14.8 Å². The zero-order valence-corrected chi connectivity index (χ0v) is 25.5. The molecule has 12 heteroatoms. The molecule has 0 bridgehead atoms. The van der Waals surface area contributed by atoms with E-state index >= 15 is 0 Å². The van der Waals surface area contributed by atoms with Crippen LogP contribution >= 0.6 is 35.7 Å². The summed E-state index contributed by atoms with van der Waals surface area (Å²) in [5, 5.41) is 0. The molecule has 40 heavy (non-hydrogen) atoms. The summed E-state index contributed by atoms with van der Waals surface area (Å²) in [5.41, 5.74) is 1.50. The third kappa shape index (κ3) is 6.08. The summed E-state index contributed by atoms with van der Waals surface area (Å²) < 4.78 is 11.2. The number of thioether (sulfide) groups is 2. The molecule has 0 saturated carbocycles. The smallest absolute Gasteiger partial charge is 0.346 e. The summed E-state index contributed by atoms with van der Waals surface area (Å²) in [6, 6.07) is 6.74. The van der Waals surface area contributed by atoms with Gasteiger partial charge in [-0.25, -0.2) is 9.59 Å². The van der Waals surface area contributed by atoms with Crippen LogP contribution in [0.2, 0.25) is 0 Å². The third-order valence-corrected chi connectivity index (χ3v) is 9.65. The maximum Gasteiger partial charge on any atom is 0.346 e. The van der Waals surface area contributed by atoms with Gasteiger partial charge >= 0.3 is 11.9 Å². The number of thiocarbonyl (C=S) groups is 1. The van der Waals surface area contributed by atoms with Crippen molar-refractivity contribution in [3.8, 4) is 0 Å². The fourth-order valence-corrected chi connectivity index (χ4v) is 7.81. The number of carbonyl (C=O) groups excluding carboxylic acids is 4. The molecule has 0 radical (unpaired) electrons. The highest BCUT2D eigenvalue weighted by atomic mass is 32.2. The van der Waals surface area contributed by atoms with Crippen LogP contribution in [0.25, 0.3) is 0 Å². The molecule has 1 aromatic carbocycles. The summed E-state index contributed by atoms with van der Waals surface area (Å²) in [7, 11) is 0. The lowest BCUT2D eigenvalue weighted by Crippen LogP contribution is -2.44. The number of ether oxygens (including phenoxy) is 2. The van der Waals surface area contributed by atoms with Gasteiger partial charge < -0.3 is 19.3 Å². The molecule has 2 amide bonds. The van der Waals surface area contributed by atoms with Gasteiger partial charge in [-0.3, -0.25) is 14.5 Å². The molecule has 3 heterocycles. The van der Waals surface area contributed by atoms with E-state index in [0.29, 0.717) is 32.6 Å². The summed E-state index contributed by atoms with van der Waals surface area (Å²) in [5.74, 6) is -1.82. The molecule has 1 aromatic rings. The summed E-state index contributed by atoms with van der Waals surface area (Å²) in [6.45, 7) is 9.84. The molecule has 0 spiro atoms. The molecule has 3 aliphatic rings. The Morgan fingerprint density at radius 2 is 1.45 bits per heavy atom. The maximum atomic E-state index is 13.0. The Balaban J connectivity index is 1.69. The van der Waals surface area contributed by atoms with E-state index in [-0.39, 0.29) is 47.4 Å². The van der Waals surface area contributed by atoms with Crippen molar-refractivity contribution in [3.63, 3.8) is 0 Å². The summed E-state index contributed by atoms with van der Waals surface area (Å²) in [4.78, 5) is 58.2. The van der Waals surface area contributed by atoms with Crippen LogP contribution in [0.15, 0.2) is 44.0 Å². The number of benzene rings is 1. The number of hydrogen-bond donors (Lipinski definition) is 0. The molecule has 0 aromatic heterocycles. The summed E-state index contributed by atoms with van der Waals surface area (Å²) >= 11 is 8.34. The minimum atomic E-state index is -0.591. The van der Waals surface area contributed by atoms with Gasteiger partial charge in [0, 0.05) is 32.2 Å². The van der Waals surface area contributed by atoms with Gasteiger partial charge in [0.25, 0.3) is 11.8 Å². The van der Waals surface area contributed by atoms with Crippen molar-refractivity contribution in [3.05, 3.63) is 55.1 Å². The predicted molar refractivity (Wildman–Crippen MR) is 160 cm³/mol. The largest absolute Gasteiger partial charge is 0.462 e. The number of rotatable bonds is 10. The zero-order chi connectivity index (χ0) is 29.0. The van der Waals surface area contributed by atoms with Crippen LogP contribution in [-0.2, 0) is 19.1 Å². The van der Waals surface area contributed by atoms with Gasteiger partial charge in [0.15, 0.2) is 0 Å². The molecule has 214 valence electrons. The first-order valence-electron chi connectivity index (χ1n) is 13.4. The van der Waals surface area contributed by atoms with Crippen LogP contribution in [0.4, 0.5) is 0 Å². The first kappa shape index (κ1) is 30.1. The molecule has 1 saturated heterocycles. The second kappa shape index (κ2) is 13.2. The molecule has 4 rings (SSSR count). The van der Waals surface area contributed by atoms with Gasteiger partial charge in [0.05, 0.1) is 34.3 Å². The Bertz CT molecular complexity index is 1220. The lowest BCUT2D eigenvalue weighted by Gasteiger charge is -2.36. The molecule has 0 unspecified atom stereocenters. The van der Waals surface area contributed by atoms with Gasteiger partial charge in [-0.05, 0) is 52.7 Å². The van der Waals surface area contributed by atoms with Crippen LogP contribution in [0.1, 0.15) is 61.3 Å². The molecule has 1 fully saturated rings. The fourth-order valence-electron chi connectivity index (χ4n) is 4.73. The SMILES string of the molecule is CCOC(=O)C1=C(C(=O)OCC)SC(=C(C(=S)N2CCCC2)N(CCN2C(=O)c3ccccc3C2=O)C(C)C)S1. The quantitative estimate of drug-likeness (QED) is 0.165. The molecular formula is C28H33N3O6S3. The number of esters is 2. The second-order valence-electron chi connectivity index (χ2n) is 9.53. The van der Waals surface area contributed by atoms with E-state index in [9.17, 15) is 19.2 Å². The van der Waals surface area contributed by atoms with Gasteiger partial charge in [-0.15, -0.1) is 0 Å². The van der Waals surface area contributed by atoms with E-state index in [4.69, 9.17) is 21.7 Å². The Morgan fingerprint density at radius 1 is 0.950 bits per heavy atom. The molecule has 0 N–H and O–H groups in total. The standard InChI is InChI=1S/C28H33N3O6S3/c1-5-36-26(34)21-22(27(35)37-6-2)40-28(39-21)20(25(38)29-13-9-10-14-29)30(17(3)4)15-16-31-23(32)18-11-7-8-12-19(18)24(31)33/h7-8,11-12,17H,5-6,9-10,13-16H2,1-4H3. The Morgan fingerprint density at radius 3 is 1.90 bits per heavy atom. The normalized spacial score (nSPS) is 16.7. The number of fused-ring (bicyclic) bond motifs is 1. The molecular weight excluding hydrogens is 571 g/mol. The van der Waals surface area contributed by atoms with Crippen LogP contribution in [0.3, 0.4) is 0 Å². The van der Waals surface area contributed by atoms with Crippen LogP contribution in [-0.4, -0.2) is 88.9 Å². The minimum Gasteiger partial charge on any atom is -0.462 e. The number of likely N-dealkylation sites (tertiary alicyclic amines) is 1. The van der Waals surface area contributed by atoms with Gasteiger partial charge in [-0.1, -0.05) is 47.9 Å². The minimum absolute atomic E-state index is 0.0721. The van der Waals surface area contributed by atoms with Crippen LogP contribution in [0, 0.1) is 0 Å². The lowest BCUT2D eigenvalue weighted by atomic mass is 10.1. The van der Waals surface area contributed by atoms with Gasteiger partial charge in [0.2, 0.25) is 0 Å². The van der Waals surface area contributed by atoms with Crippen molar-refractivity contribution in [2.45, 2.75) is 46.6 Å². The molecule has 9 nitrogen and oxygen atoms in total. The monoisotopic (exact) mass is 603 g/mol. The van der Waals surface area contributed by atoms with Gasteiger partial charge in [-0.2, -0.15) is 0 Å². The molecule has 0 atom stereocenters. The number of carbonyl (C=O) groups is 4. The number of amides is 2. The zero-order valence-electron chi connectivity index (χ0n) is 23.1.